The summed E-state index contributed by atoms with van der Waals surface area (Å²) >= 11 is 6.46. The molecule has 4 nitrogen and oxygen atoms in total. The Labute approximate surface area is 148 Å². The molecule has 1 unspecified atom stereocenters. The molecule has 0 saturated heterocycles. The first-order chi connectivity index (χ1) is 11.3. The third-order valence-electron chi connectivity index (χ3n) is 4.53. The third-order valence-corrected chi connectivity index (χ3v) is 6.30. The normalized spacial score (nSPS) is 18.4. The zero-order chi connectivity index (χ0) is 17.5. The summed E-state index contributed by atoms with van der Waals surface area (Å²) in [6.07, 6.45) is 0. The summed E-state index contributed by atoms with van der Waals surface area (Å²) in [4.78, 5) is 2.52. The fraction of sp³-hybridized carbons (Fsp3) is 0.333. The molecule has 1 atom stereocenters. The Kier molecular flexibility index (Phi) is 4.71. The van der Waals surface area contributed by atoms with E-state index in [1.165, 1.54) is 12.6 Å². The van der Waals surface area contributed by atoms with Gasteiger partial charge < -0.3 is 4.90 Å². The number of aryl methyl sites for hydroxylation is 1. The summed E-state index contributed by atoms with van der Waals surface area (Å²) in [5, 5.41) is 0.802. The average molecular weight is 365 g/mol. The Morgan fingerprint density at radius 1 is 1.21 bits per heavy atom. The molecule has 0 saturated carbocycles. The van der Waals surface area contributed by atoms with E-state index in [9.17, 15) is 8.42 Å². The van der Waals surface area contributed by atoms with Crippen molar-refractivity contribution in [2.24, 2.45) is 0 Å². The quantitative estimate of drug-likeness (QED) is 0.910. The van der Waals surface area contributed by atoms with Gasteiger partial charge >= 0.3 is 0 Å². The second-order valence-corrected chi connectivity index (χ2v) is 8.63. The summed E-state index contributed by atoms with van der Waals surface area (Å²) in [6.45, 7) is 3.76. The lowest BCUT2D eigenvalue weighted by Crippen LogP contribution is -2.31. The molecule has 0 fully saturated rings. The molecule has 0 radical (unpaired) electrons. The van der Waals surface area contributed by atoms with Crippen molar-refractivity contribution in [2.75, 3.05) is 20.6 Å². The molecule has 2 aromatic rings. The number of hydrogen-bond donors (Lipinski definition) is 1. The zero-order valence-corrected chi connectivity index (χ0v) is 15.6. The number of hydrogen-bond acceptors (Lipinski definition) is 3. The molecule has 0 spiro atoms. The van der Waals surface area contributed by atoms with Gasteiger partial charge in [-0.05, 0) is 61.5 Å². The molecule has 0 aromatic heterocycles. The van der Waals surface area contributed by atoms with Crippen LogP contribution in [0.3, 0.4) is 0 Å². The van der Waals surface area contributed by atoms with Crippen molar-refractivity contribution in [2.45, 2.75) is 24.3 Å². The predicted octanol–water partition coefficient (Wildman–Crippen LogP) is 3.13. The molecule has 6 heteroatoms. The van der Waals surface area contributed by atoms with Crippen LogP contribution in [0.5, 0.6) is 0 Å². The van der Waals surface area contributed by atoms with Gasteiger partial charge in [0.2, 0.25) is 10.0 Å². The molecule has 1 heterocycles. The molecule has 1 aliphatic heterocycles. The summed E-state index contributed by atoms with van der Waals surface area (Å²) < 4.78 is 26.1. The van der Waals surface area contributed by atoms with E-state index < -0.39 is 10.0 Å². The van der Waals surface area contributed by atoms with E-state index in [1.807, 2.05) is 25.1 Å². The van der Waals surface area contributed by atoms with Crippen LogP contribution in [0.2, 0.25) is 5.02 Å². The van der Waals surface area contributed by atoms with Gasteiger partial charge in [-0.1, -0.05) is 29.8 Å². The Bertz CT molecular complexity index is 863. The van der Waals surface area contributed by atoms with Crippen LogP contribution in [0, 0.1) is 6.92 Å². The van der Waals surface area contributed by atoms with Crippen LogP contribution < -0.4 is 4.72 Å². The molecule has 3 rings (SSSR count). The van der Waals surface area contributed by atoms with Gasteiger partial charge in [0.25, 0.3) is 0 Å². The van der Waals surface area contributed by atoms with E-state index >= 15 is 0 Å². The standard InChI is InChI=1S/C18H21ClN2O2S/c1-12-8-15-16(10-21(3)11-17(15)18(19)9-12)13-4-6-14(7-5-13)24(22,23)20-2/h4-9,16,20H,10-11H2,1-3H3. The minimum Gasteiger partial charge on any atom is -0.301 e. The Hall–Kier alpha value is -1.40. The first kappa shape index (κ1) is 17.4. The van der Waals surface area contributed by atoms with E-state index in [0.29, 0.717) is 0 Å². The summed E-state index contributed by atoms with van der Waals surface area (Å²) in [7, 11) is 0.0805. The van der Waals surface area contributed by atoms with Gasteiger partial charge in [0.05, 0.1) is 4.90 Å². The van der Waals surface area contributed by atoms with Crippen molar-refractivity contribution in [3.8, 4) is 0 Å². The number of sulfonamides is 1. The Balaban J connectivity index is 2.05. The SMILES string of the molecule is CNS(=O)(=O)c1ccc(C2CN(C)Cc3c(Cl)cc(C)cc32)cc1. The number of halogens is 1. The summed E-state index contributed by atoms with van der Waals surface area (Å²) in [5.74, 6) is 0.183. The lowest BCUT2D eigenvalue weighted by Gasteiger charge is -2.33. The van der Waals surface area contributed by atoms with E-state index in [4.69, 9.17) is 11.6 Å². The van der Waals surface area contributed by atoms with Gasteiger partial charge in [0.1, 0.15) is 0 Å². The minimum absolute atomic E-state index is 0.183. The van der Waals surface area contributed by atoms with E-state index in [2.05, 4.69) is 22.7 Å². The highest BCUT2D eigenvalue weighted by molar-refractivity contribution is 7.89. The number of rotatable bonds is 3. The average Bonchev–Trinajstić information content (AvgIpc) is 2.55. The van der Waals surface area contributed by atoms with Crippen molar-refractivity contribution in [3.05, 3.63) is 63.7 Å². The van der Waals surface area contributed by atoms with Crippen molar-refractivity contribution in [1.82, 2.24) is 9.62 Å². The highest BCUT2D eigenvalue weighted by Gasteiger charge is 2.27. The lowest BCUT2D eigenvalue weighted by atomic mass is 9.84. The van der Waals surface area contributed by atoms with Crippen LogP contribution in [-0.2, 0) is 16.6 Å². The molecule has 0 bridgehead atoms. The lowest BCUT2D eigenvalue weighted by molar-refractivity contribution is 0.295. The maximum Gasteiger partial charge on any atom is 0.240 e. The van der Waals surface area contributed by atoms with E-state index in [-0.39, 0.29) is 10.8 Å². The molecule has 1 N–H and O–H groups in total. The maximum absolute atomic E-state index is 11.9. The Morgan fingerprint density at radius 2 is 1.88 bits per heavy atom. The highest BCUT2D eigenvalue weighted by atomic mass is 35.5. The summed E-state index contributed by atoms with van der Waals surface area (Å²) in [6, 6.07) is 11.3. The van der Waals surface area contributed by atoms with Crippen molar-refractivity contribution < 1.29 is 8.42 Å². The molecule has 0 amide bonds. The molecular formula is C18H21ClN2O2S. The molecule has 0 aliphatic carbocycles. The maximum atomic E-state index is 11.9. The van der Waals surface area contributed by atoms with E-state index in [1.54, 1.807) is 12.1 Å². The van der Waals surface area contributed by atoms with Crippen LogP contribution in [-0.4, -0.2) is 34.0 Å². The predicted molar refractivity (Wildman–Crippen MR) is 97.1 cm³/mol. The zero-order valence-electron chi connectivity index (χ0n) is 14.0. The van der Waals surface area contributed by atoms with Crippen LogP contribution in [0.15, 0.2) is 41.3 Å². The van der Waals surface area contributed by atoms with Crippen LogP contribution >= 0.6 is 11.6 Å². The number of benzene rings is 2. The van der Waals surface area contributed by atoms with Crippen LogP contribution in [0.4, 0.5) is 0 Å². The monoisotopic (exact) mass is 364 g/mol. The van der Waals surface area contributed by atoms with E-state index in [0.717, 1.165) is 34.8 Å². The molecule has 128 valence electrons. The first-order valence-corrected chi connectivity index (χ1v) is 9.69. The topological polar surface area (TPSA) is 49.4 Å². The molecule has 2 aromatic carbocycles. The highest BCUT2D eigenvalue weighted by Crippen LogP contribution is 2.37. The number of likely N-dealkylation sites (N-methyl/N-ethyl adjacent to an activating group) is 1. The van der Waals surface area contributed by atoms with Gasteiger partial charge in [0, 0.05) is 24.0 Å². The minimum atomic E-state index is -3.41. The van der Waals surface area contributed by atoms with Crippen molar-refractivity contribution in [3.63, 3.8) is 0 Å². The Morgan fingerprint density at radius 3 is 2.50 bits per heavy atom. The van der Waals surface area contributed by atoms with Crippen molar-refractivity contribution in [1.29, 1.82) is 0 Å². The van der Waals surface area contributed by atoms with Crippen LogP contribution in [0.25, 0.3) is 0 Å². The second-order valence-electron chi connectivity index (χ2n) is 6.34. The number of fused-ring (bicyclic) bond motifs is 1. The largest absolute Gasteiger partial charge is 0.301 e. The smallest absolute Gasteiger partial charge is 0.240 e. The number of nitrogens with one attached hydrogen (secondary N) is 1. The molecule has 1 aliphatic rings. The van der Waals surface area contributed by atoms with Gasteiger partial charge in [-0.3, -0.25) is 0 Å². The fourth-order valence-corrected chi connectivity index (χ4v) is 4.37. The fourth-order valence-electron chi connectivity index (χ4n) is 3.30. The van der Waals surface area contributed by atoms with Gasteiger partial charge in [-0.15, -0.1) is 0 Å². The van der Waals surface area contributed by atoms with Crippen molar-refractivity contribution >= 4 is 21.6 Å². The molecular weight excluding hydrogens is 344 g/mol. The number of nitrogens with zero attached hydrogens (tertiary/aromatic N) is 1. The van der Waals surface area contributed by atoms with Gasteiger partial charge in [-0.25, -0.2) is 13.1 Å². The van der Waals surface area contributed by atoms with Gasteiger partial charge in [0.15, 0.2) is 0 Å². The third kappa shape index (κ3) is 3.22. The van der Waals surface area contributed by atoms with Gasteiger partial charge in [-0.2, -0.15) is 0 Å². The second kappa shape index (κ2) is 6.48. The van der Waals surface area contributed by atoms with Crippen LogP contribution in [0.1, 0.15) is 28.2 Å². The summed E-state index contributed by atoms with van der Waals surface area (Å²) in [5.41, 5.74) is 4.64. The first-order valence-electron chi connectivity index (χ1n) is 7.83. The molecule has 24 heavy (non-hydrogen) atoms.